The molecular weight excluding hydrogens is 400 g/mol. The number of amides is 3. The second-order valence-corrected chi connectivity index (χ2v) is 6.29. The molecule has 0 saturated heterocycles. The van der Waals surface area contributed by atoms with Crippen molar-refractivity contribution in [3.05, 3.63) is 65.2 Å². The fraction of sp³-hybridized carbons (Fsp3) is 0.227. The quantitative estimate of drug-likeness (QED) is 0.226. The van der Waals surface area contributed by atoms with Crippen LogP contribution in [0, 0.1) is 11.8 Å². The molecule has 2 atom stereocenters. The van der Waals surface area contributed by atoms with Gasteiger partial charge in [0.05, 0.1) is 18.3 Å². The Bertz CT molecular complexity index is 977. The van der Waals surface area contributed by atoms with Gasteiger partial charge in [0.2, 0.25) is 5.91 Å². The fourth-order valence-electron chi connectivity index (χ4n) is 2.45. The van der Waals surface area contributed by atoms with Gasteiger partial charge in [-0.3, -0.25) is 19.6 Å². The van der Waals surface area contributed by atoms with Gasteiger partial charge in [0.1, 0.15) is 6.04 Å². The molecule has 0 radical (unpaired) electrons. The summed E-state index contributed by atoms with van der Waals surface area (Å²) in [6.07, 6.45) is -1.20. The smallest absolute Gasteiger partial charge is 0.268 e. The largest absolute Gasteiger partial charge is 0.391 e. The predicted octanol–water partition coefficient (Wildman–Crippen LogP) is 0.604. The van der Waals surface area contributed by atoms with E-state index in [1.807, 2.05) is 0 Å². The summed E-state index contributed by atoms with van der Waals surface area (Å²) >= 11 is 0. The van der Waals surface area contributed by atoms with E-state index in [4.69, 9.17) is 10.9 Å². The molecule has 9 nitrogen and oxygen atoms in total. The highest BCUT2D eigenvalue weighted by Crippen LogP contribution is 2.14. The molecule has 0 fully saturated rings. The Kier molecular flexibility index (Phi) is 9.88. The zero-order valence-electron chi connectivity index (χ0n) is 16.2. The van der Waals surface area contributed by atoms with Gasteiger partial charge in [0.25, 0.3) is 11.8 Å². The average Bonchev–Trinajstić information content (AvgIpc) is 2.76. The first-order valence-corrected chi connectivity index (χ1v) is 8.99. The Labute approximate surface area is 180 Å². The molecule has 2 rings (SSSR count). The molecule has 0 spiro atoms. The Balaban J connectivity index is 0.00000480. The fourth-order valence-corrected chi connectivity index (χ4v) is 2.45. The van der Waals surface area contributed by atoms with Crippen molar-refractivity contribution in [1.82, 2.24) is 10.8 Å². The van der Waals surface area contributed by atoms with Crippen molar-refractivity contribution < 1.29 is 24.7 Å². The monoisotopic (exact) mass is 426 g/mol. The Morgan fingerprint density at radius 3 is 2.29 bits per heavy atom. The van der Waals surface area contributed by atoms with E-state index in [1.165, 1.54) is 24.5 Å². The first kappa shape index (κ1) is 25.3. The summed E-state index contributed by atoms with van der Waals surface area (Å²) in [7, 11) is 0. The van der Waals surface area contributed by atoms with Crippen LogP contribution in [0.25, 0.3) is 0 Å². The Morgan fingerprint density at radius 1 is 1.06 bits per heavy atom. The van der Waals surface area contributed by atoms with Gasteiger partial charge in [-0.15, -0.1) is 0 Å². The van der Waals surface area contributed by atoms with E-state index in [9.17, 15) is 19.5 Å². The number of carbonyl (C=O) groups excluding carboxylic acids is 3. The van der Waals surface area contributed by atoms with E-state index in [-0.39, 0.29) is 25.4 Å². The molecule has 0 unspecified atom stereocenters. The molecule has 2 aromatic rings. The van der Waals surface area contributed by atoms with Crippen molar-refractivity contribution in [2.75, 3.05) is 11.9 Å². The van der Waals surface area contributed by atoms with Gasteiger partial charge >= 0.3 is 0 Å². The molecule has 0 aliphatic carbocycles. The number of hydrogen-bond donors (Lipinski definition) is 6. The van der Waals surface area contributed by atoms with Gasteiger partial charge in [-0.05, 0) is 43.3 Å². The van der Waals surface area contributed by atoms with Gasteiger partial charge in [0.15, 0.2) is 0 Å². The Hall–Kier alpha value is -3.71. The lowest BCUT2D eigenvalue weighted by Gasteiger charge is -2.19. The summed E-state index contributed by atoms with van der Waals surface area (Å²) in [6.45, 7) is 1.17. The molecule has 0 heterocycles. The second-order valence-electron chi connectivity index (χ2n) is 6.29. The predicted molar refractivity (Wildman–Crippen MR) is 116 cm³/mol. The van der Waals surface area contributed by atoms with Crippen molar-refractivity contribution in [2.45, 2.75) is 26.5 Å². The van der Waals surface area contributed by atoms with Crippen LogP contribution in [0.2, 0.25) is 0 Å². The number of benzene rings is 2. The number of aliphatic hydroxyl groups is 1. The molecule has 0 aliphatic rings. The number of rotatable bonds is 6. The first-order chi connectivity index (χ1) is 14.3. The number of carbonyl (C=O) groups is 3. The summed E-state index contributed by atoms with van der Waals surface area (Å²) < 4.78 is 0. The standard InChI is InChI=1S/C21H22N4O5.CH4/c1-13(26)19(21(29)25-30)24-20(28)16-10-7-14(8-11-16)6-9-15-4-2-3-5-17(15)23-18(27)12-22;/h2-5,7-8,10-11,13,19,26,30H,12,22H2,1H3,(H,23,27)(H,24,28)(H,25,29);1H4/t13-,19-;/m0./s1. The molecular formula is C22H26N4O5. The topological polar surface area (TPSA) is 154 Å². The van der Waals surface area contributed by atoms with Crippen LogP contribution in [-0.2, 0) is 9.59 Å². The van der Waals surface area contributed by atoms with E-state index in [1.54, 1.807) is 36.4 Å². The molecule has 164 valence electrons. The molecule has 0 aliphatic heterocycles. The highest BCUT2D eigenvalue weighted by atomic mass is 16.5. The number of hydroxylamine groups is 1. The van der Waals surface area contributed by atoms with Crippen LogP contribution in [0.5, 0.6) is 0 Å². The van der Waals surface area contributed by atoms with Gasteiger partial charge in [-0.25, -0.2) is 5.48 Å². The lowest BCUT2D eigenvalue weighted by molar-refractivity contribution is -0.133. The normalized spacial score (nSPS) is 11.6. The van der Waals surface area contributed by atoms with Crippen LogP contribution < -0.4 is 21.8 Å². The molecule has 7 N–H and O–H groups in total. The van der Waals surface area contributed by atoms with Crippen LogP contribution in [0.4, 0.5) is 5.69 Å². The third-order valence-electron chi connectivity index (χ3n) is 4.04. The van der Waals surface area contributed by atoms with E-state index in [0.29, 0.717) is 16.8 Å². The highest BCUT2D eigenvalue weighted by Gasteiger charge is 2.25. The van der Waals surface area contributed by atoms with Crippen molar-refractivity contribution in [1.29, 1.82) is 0 Å². The SMILES string of the molecule is C.C[C@H](O)[C@H](NC(=O)c1ccc(C#Cc2ccccc2NC(=O)CN)cc1)C(=O)NO. The molecule has 2 aromatic carbocycles. The van der Waals surface area contributed by atoms with Gasteiger partial charge in [-0.2, -0.15) is 0 Å². The van der Waals surface area contributed by atoms with Gasteiger partial charge in [0, 0.05) is 16.7 Å². The van der Waals surface area contributed by atoms with E-state index < -0.39 is 24.0 Å². The number of nitrogens with one attached hydrogen (secondary N) is 3. The summed E-state index contributed by atoms with van der Waals surface area (Å²) in [5.74, 6) is 4.04. The molecule has 9 heteroatoms. The maximum atomic E-state index is 12.3. The van der Waals surface area contributed by atoms with Gasteiger partial charge < -0.3 is 21.5 Å². The van der Waals surface area contributed by atoms with Crippen LogP contribution in [0.1, 0.15) is 35.8 Å². The molecule has 0 aromatic heterocycles. The lowest BCUT2D eigenvalue weighted by atomic mass is 10.1. The number of nitrogens with two attached hydrogens (primary N) is 1. The van der Waals surface area contributed by atoms with Crippen LogP contribution in [0.3, 0.4) is 0 Å². The zero-order valence-corrected chi connectivity index (χ0v) is 16.2. The molecule has 0 bridgehead atoms. The number of hydrogen-bond acceptors (Lipinski definition) is 6. The minimum absolute atomic E-state index is 0. The number of anilines is 1. The lowest BCUT2D eigenvalue weighted by Crippen LogP contribution is -2.51. The summed E-state index contributed by atoms with van der Waals surface area (Å²) in [5.41, 5.74) is 8.73. The minimum atomic E-state index is -1.30. The Morgan fingerprint density at radius 2 is 1.71 bits per heavy atom. The summed E-state index contributed by atoms with van der Waals surface area (Å²) in [5, 5.41) is 23.3. The molecule has 31 heavy (non-hydrogen) atoms. The van der Waals surface area contributed by atoms with E-state index in [2.05, 4.69) is 22.5 Å². The molecule has 3 amide bonds. The first-order valence-electron chi connectivity index (χ1n) is 8.99. The second kappa shape index (κ2) is 12.1. The molecule has 0 saturated carbocycles. The number of para-hydroxylation sites is 1. The van der Waals surface area contributed by atoms with E-state index in [0.717, 1.165) is 0 Å². The zero-order chi connectivity index (χ0) is 22.1. The van der Waals surface area contributed by atoms with Crippen LogP contribution >= 0.6 is 0 Å². The van der Waals surface area contributed by atoms with Crippen LogP contribution in [0.15, 0.2) is 48.5 Å². The minimum Gasteiger partial charge on any atom is -0.391 e. The van der Waals surface area contributed by atoms with Crippen molar-refractivity contribution >= 4 is 23.4 Å². The third-order valence-corrected chi connectivity index (χ3v) is 4.04. The maximum absolute atomic E-state index is 12.3. The third kappa shape index (κ3) is 7.24. The van der Waals surface area contributed by atoms with Crippen molar-refractivity contribution in [3.8, 4) is 11.8 Å². The average molecular weight is 426 g/mol. The van der Waals surface area contributed by atoms with Crippen molar-refractivity contribution in [3.63, 3.8) is 0 Å². The number of aliphatic hydroxyl groups excluding tert-OH is 1. The van der Waals surface area contributed by atoms with E-state index >= 15 is 0 Å². The maximum Gasteiger partial charge on any atom is 0.268 e. The summed E-state index contributed by atoms with van der Waals surface area (Å²) in [6, 6.07) is 12.0. The van der Waals surface area contributed by atoms with Crippen molar-refractivity contribution in [2.24, 2.45) is 5.73 Å². The van der Waals surface area contributed by atoms with Gasteiger partial charge in [-0.1, -0.05) is 31.4 Å². The summed E-state index contributed by atoms with van der Waals surface area (Å²) in [4.78, 5) is 35.3. The highest BCUT2D eigenvalue weighted by molar-refractivity contribution is 5.97. The van der Waals surface area contributed by atoms with Crippen LogP contribution in [-0.4, -0.2) is 46.7 Å².